The second kappa shape index (κ2) is 6.51. The largest absolute Gasteiger partial charge is 0.465 e. The molecular formula is C19H22N2O3. The molecule has 0 N–H and O–H groups in total. The molecule has 1 aromatic carbocycles. The minimum Gasteiger partial charge on any atom is -0.465 e. The summed E-state index contributed by atoms with van der Waals surface area (Å²) in [5, 5.41) is 0. The molecule has 2 aliphatic rings. The van der Waals surface area contributed by atoms with E-state index in [-0.39, 0.29) is 12.1 Å². The van der Waals surface area contributed by atoms with E-state index in [9.17, 15) is 9.59 Å². The number of anilines is 1. The first-order valence-corrected chi connectivity index (χ1v) is 8.15. The van der Waals surface area contributed by atoms with Crippen LogP contribution in [-0.2, 0) is 4.74 Å². The smallest absolute Gasteiger partial charge is 0.337 e. The highest BCUT2D eigenvalue weighted by atomic mass is 16.5. The van der Waals surface area contributed by atoms with Gasteiger partial charge in [-0.25, -0.2) is 9.59 Å². The molecule has 126 valence electrons. The molecule has 0 fully saturated rings. The number of rotatable bonds is 3. The molecular weight excluding hydrogens is 304 g/mol. The van der Waals surface area contributed by atoms with Crippen LogP contribution >= 0.6 is 0 Å². The van der Waals surface area contributed by atoms with Gasteiger partial charge in [-0.15, -0.1) is 0 Å². The zero-order valence-electron chi connectivity index (χ0n) is 14.3. The number of carbonyl (C=O) groups excluding carboxylic acids is 2. The second-order valence-electron chi connectivity index (χ2n) is 6.18. The average Bonchev–Trinajstić information content (AvgIpc) is 2.63. The number of hydrogen-bond donors (Lipinski definition) is 0. The van der Waals surface area contributed by atoms with Gasteiger partial charge < -0.3 is 9.64 Å². The number of allylic oxidation sites excluding steroid dienone is 2. The van der Waals surface area contributed by atoms with Crippen molar-refractivity contribution in [1.29, 1.82) is 0 Å². The van der Waals surface area contributed by atoms with Crippen molar-refractivity contribution in [2.45, 2.75) is 25.8 Å². The van der Waals surface area contributed by atoms with Gasteiger partial charge in [0.25, 0.3) is 0 Å². The molecule has 0 saturated heterocycles. The maximum Gasteiger partial charge on any atom is 0.337 e. The van der Waals surface area contributed by atoms with Crippen LogP contribution in [-0.4, -0.2) is 37.6 Å². The van der Waals surface area contributed by atoms with Crippen LogP contribution in [0.5, 0.6) is 0 Å². The van der Waals surface area contributed by atoms with Gasteiger partial charge in [0.15, 0.2) is 0 Å². The first-order valence-electron chi connectivity index (χ1n) is 8.15. The van der Waals surface area contributed by atoms with Crippen molar-refractivity contribution in [3.8, 4) is 0 Å². The number of carbonyl (C=O) groups is 2. The van der Waals surface area contributed by atoms with Crippen LogP contribution in [0.3, 0.4) is 0 Å². The van der Waals surface area contributed by atoms with Crippen molar-refractivity contribution in [3.05, 3.63) is 53.1 Å². The summed E-state index contributed by atoms with van der Waals surface area (Å²) in [5.41, 5.74) is 3.39. The highest BCUT2D eigenvalue weighted by molar-refractivity contribution is 5.98. The molecule has 1 aromatic rings. The zero-order valence-corrected chi connectivity index (χ0v) is 14.3. The van der Waals surface area contributed by atoms with Gasteiger partial charge in [-0.05, 0) is 43.0 Å². The van der Waals surface area contributed by atoms with Gasteiger partial charge in [-0.3, -0.25) is 4.90 Å². The average molecular weight is 326 g/mol. The Balaban J connectivity index is 2.03. The van der Waals surface area contributed by atoms with Gasteiger partial charge in [0, 0.05) is 7.05 Å². The molecule has 0 bridgehead atoms. The SMILES string of the molecule is COC(=O)c1ccc2c(c1)N(CC1=CCCC=C1)C(=O)N(C)C2C. The fourth-order valence-corrected chi connectivity index (χ4v) is 3.16. The van der Waals surface area contributed by atoms with Crippen LogP contribution in [0.2, 0.25) is 0 Å². The standard InChI is InChI=1S/C19H22N2O3/c1-13-16-10-9-15(18(22)24-3)11-17(16)21(19(23)20(13)2)12-14-7-5-4-6-8-14/h5,7-11,13H,4,6,12H2,1-3H3. The Hall–Kier alpha value is -2.56. The lowest BCUT2D eigenvalue weighted by Gasteiger charge is -2.40. The quantitative estimate of drug-likeness (QED) is 0.796. The normalized spacial score (nSPS) is 19.9. The van der Waals surface area contributed by atoms with E-state index in [1.54, 1.807) is 21.9 Å². The molecule has 1 aliphatic carbocycles. The van der Waals surface area contributed by atoms with Crippen molar-refractivity contribution >= 4 is 17.7 Å². The molecule has 1 aliphatic heterocycles. The maximum absolute atomic E-state index is 12.8. The number of fused-ring (bicyclic) bond motifs is 1. The van der Waals surface area contributed by atoms with Crippen LogP contribution in [0.4, 0.5) is 10.5 Å². The Morgan fingerprint density at radius 3 is 2.79 bits per heavy atom. The molecule has 24 heavy (non-hydrogen) atoms. The molecule has 5 nitrogen and oxygen atoms in total. The van der Waals surface area contributed by atoms with Crippen molar-refractivity contribution < 1.29 is 14.3 Å². The van der Waals surface area contributed by atoms with E-state index in [4.69, 9.17) is 4.74 Å². The monoisotopic (exact) mass is 326 g/mol. The fraction of sp³-hybridized carbons (Fsp3) is 0.368. The Kier molecular flexibility index (Phi) is 4.42. The lowest BCUT2D eigenvalue weighted by Crippen LogP contribution is -2.47. The van der Waals surface area contributed by atoms with E-state index in [1.165, 1.54) is 7.11 Å². The molecule has 1 atom stereocenters. The number of benzene rings is 1. The molecule has 1 unspecified atom stereocenters. The van der Waals surface area contributed by atoms with E-state index >= 15 is 0 Å². The summed E-state index contributed by atoms with van der Waals surface area (Å²) in [6, 6.07) is 5.33. The van der Waals surface area contributed by atoms with Crippen LogP contribution < -0.4 is 4.90 Å². The summed E-state index contributed by atoms with van der Waals surface area (Å²) < 4.78 is 4.81. The van der Waals surface area contributed by atoms with Gasteiger partial charge >= 0.3 is 12.0 Å². The number of amides is 2. The molecule has 1 heterocycles. The van der Waals surface area contributed by atoms with Crippen molar-refractivity contribution in [2.75, 3.05) is 25.6 Å². The minimum atomic E-state index is -0.395. The summed E-state index contributed by atoms with van der Waals surface area (Å²) >= 11 is 0. The Bertz CT molecular complexity index is 736. The molecule has 0 spiro atoms. The third kappa shape index (κ3) is 2.82. The van der Waals surface area contributed by atoms with Crippen LogP contribution in [0.1, 0.15) is 41.7 Å². The van der Waals surface area contributed by atoms with E-state index in [0.717, 1.165) is 29.7 Å². The van der Waals surface area contributed by atoms with E-state index in [1.807, 2.05) is 20.0 Å². The van der Waals surface area contributed by atoms with Crippen molar-refractivity contribution in [2.24, 2.45) is 0 Å². The predicted octanol–water partition coefficient (Wildman–Crippen LogP) is 3.68. The molecule has 5 heteroatoms. The van der Waals surface area contributed by atoms with Crippen LogP contribution in [0.25, 0.3) is 0 Å². The highest BCUT2D eigenvalue weighted by Gasteiger charge is 2.33. The maximum atomic E-state index is 12.8. The summed E-state index contributed by atoms with van der Waals surface area (Å²) in [6.45, 7) is 2.50. The molecule has 0 saturated carbocycles. The van der Waals surface area contributed by atoms with Gasteiger partial charge in [0.2, 0.25) is 0 Å². The number of urea groups is 1. The summed E-state index contributed by atoms with van der Waals surface area (Å²) in [7, 11) is 3.17. The first kappa shape index (κ1) is 16.3. The van der Waals surface area contributed by atoms with Crippen molar-refractivity contribution in [1.82, 2.24) is 4.90 Å². The second-order valence-corrected chi connectivity index (χ2v) is 6.18. The summed E-state index contributed by atoms with van der Waals surface area (Å²) in [4.78, 5) is 28.1. The summed E-state index contributed by atoms with van der Waals surface area (Å²) in [6.07, 6.45) is 8.39. The number of hydrogen-bond acceptors (Lipinski definition) is 3. The highest BCUT2D eigenvalue weighted by Crippen LogP contribution is 2.37. The van der Waals surface area contributed by atoms with Gasteiger partial charge in [-0.1, -0.05) is 24.3 Å². The molecule has 0 aromatic heterocycles. The zero-order chi connectivity index (χ0) is 17.3. The van der Waals surface area contributed by atoms with Gasteiger partial charge in [0.05, 0.1) is 30.9 Å². The fourth-order valence-electron chi connectivity index (χ4n) is 3.16. The van der Waals surface area contributed by atoms with E-state index in [2.05, 4.69) is 18.2 Å². The van der Waals surface area contributed by atoms with E-state index in [0.29, 0.717) is 12.1 Å². The van der Waals surface area contributed by atoms with Crippen LogP contribution in [0, 0.1) is 0 Å². The van der Waals surface area contributed by atoms with Crippen LogP contribution in [0.15, 0.2) is 42.0 Å². The first-order chi connectivity index (χ1) is 11.5. The molecule has 0 radical (unpaired) electrons. The topological polar surface area (TPSA) is 49.9 Å². The van der Waals surface area contributed by atoms with E-state index < -0.39 is 5.97 Å². The number of nitrogens with zero attached hydrogens (tertiary/aromatic N) is 2. The van der Waals surface area contributed by atoms with Gasteiger partial charge in [0.1, 0.15) is 0 Å². The molecule has 2 amide bonds. The minimum absolute atomic E-state index is 0.0358. The predicted molar refractivity (Wildman–Crippen MR) is 93.2 cm³/mol. The number of methoxy groups -OCH3 is 1. The van der Waals surface area contributed by atoms with Gasteiger partial charge in [-0.2, -0.15) is 0 Å². The third-order valence-corrected chi connectivity index (χ3v) is 4.72. The third-order valence-electron chi connectivity index (χ3n) is 4.72. The lowest BCUT2D eigenvalue weighted by molar-refractivity contribution is 0.0600. The van der Waals surface area contributed by atoms with Crippen molar-refractivity contribution in [3.63, 3.8) is 0 Å². The molecule has 3 rings (SSSR count). The number of esters is 1. The number of ether oxygens (including phenoxy) is 1. The lowest BCUT2D eigenvalue weighted by atomic mass is 9.98. The Morgan fingerprint density at radius 1 is 1.33 bits per heavy atom. The Morgan fingerprint density at radius 2 is 2.12 bits per heavy atom. The summed E-state index contributed by atoms with van der Waals surface area (Å²) in [5.74, 6) is -0.395. The Labute approximate surface area is 142 Å².